The summed E-state index contributed by atoms with van der Waals surface area (Å²) in [6, 6.07) is 7.84. The van der Waals surface area contributed by atoms with Crippen LogP contribution in [0.4, 0.5) is 0 Å². The molecule has 1 aromatic carbocycles. The van der Waals surface area contributed by atoms with Gasteiger partial charge in [-0.15, -0.1) is 12.4 Å². The highest BCUT2D eigenvalue weighted by atomic mass is 127. The monoisotopic (exact) mass is 412 g/mol. The lowest BCUT2D eigenvalue weighted by Gasteiger charge is -2.18. The number of ether oxygens (including phenoxy) is 1. The second kappa shape index (κ2) is 9.41. The fourth-order valence-electron chi connectivity index (χ4n) is 1.37. The molecule has 0 fully saturated rings. The summed E-state index contributed by atoms with van der Waals surface area (Å²) >= 11 is 2.25. The topological polar surface area (TPSA) is 64.3 Å². The van der Waals surface area contributed by atoms with Gasteiger partial charge in [-0.3, -0.25) is 4.79 Å². The Labute approximate surface area is 140 Å². The van der Waals surface area contributed by atoms with Gasteiger partial charge in [0.05, 0.1) is 6.61 Å². The molecular weight excluding hydrogens is 391 g/mol. The second-order valence-corrected chi connectivity index (χ2v) is 6.42. The molecule has 0 bridgehead atoms. The van der Waals surface area contributed by atoms with Crippen LogP contribution in [0.1, 0.15) is 26.7 Å². The number of nitrogens with two attached hydrogens (primary N) is 1. The lowest BCUT2D eigenvalue weighted by molar-refractivity contribution is -0.121. The molecule has 1 aromatic rings. The number of nitrogens with one attached hydrogen (secondary N) is 1. The predicted octanol–water partition coefficient (Wildman–Crippen LogP) is 2.73. The van der Waals surface area contributed by atoms with Gasteiger partial charge < -0.3 is 15.8 Å². The molecule has 1 rings (SSSR count). The van der Waals surface area contributed by atoms with Crippen LogP contribution < -0.4 is 15.8 Å². The van der Waals surface area contributed by atoms with Crippen molar-refractivity contribution >= 4 is 40.9 Å². The van der Waals surface area contributed by atoms with Gasteiger partial charge in [-0.25, -0.2) is 0 Å². The van der Waals surface area contributed by atoms with Gasteiger partial charge in [0.2, 0.25) is 5.91 Å². The maximum Gasteiger partial charge on any atom is 0.220 e. The summed E-state index contributed by atoms with van der Waals surface area (Å²) in [5, 5.41) is 2.81. The Kier molecular flexibility index (Phi) is 9.16. The van der Waals surface area contributed by atoms with E-state index < -0.39 is 0 Å². The molecule has 0 unspecified atom stereocenters. The maximum absolute atomic E-state index is 11.5. The Morgan fingerprint density at radius 3 is 2.50 bits per heavy atom. The average Bonchev–Trinajstić information content (AvgIpc) is 2.33. The highest BCUT2D eigenvalue weighted by molar-refractivity contribution is 14.1. The van der Waals surface area contributed by atoms with Crippen molar-refractivity contribution in [2.24, 2.45) is 5.73 Å². The molecule has 0 heterocycles. The third-order valence-corrected chi connectivity index (χ3v) is 3.09. The molecule has 0 aliphatic rings. The Morgan fingerprint density at radius 1 is 1.35 bits per heavy atom. The third-order valence-electron chi connectivity index (χ3n) is 2.37. The van der Waals surface area contributed by atoms with Crippen molar-refractivity contribution in [1.82, 2.24) is 5.32 Å². The lowest BCUT2D eigenvalue weighted by atomic mass is 10.1. The summed E-state index contributed by atoms with van der Waals surface area (Å²) in [7, 11) is 0. The lowest BCUT2D eigenvalue weighted by Crippen LogP contribution is -2.45. The van der Waals surface area contributed by atoms with Crippen LogP contribution in [0.25, 0.3) is 0 Å². The first-order chi connectivity index (χ1) is 8.87. The molecule has 3 N–H and O–H groups in total. The number of hydrogen-bond acceptors (Lipinski definition) is 3. The van der Waals surface area contributed by atoms with Gasteiger partial charge in [0.15, 0.2) is 0 Å². The minimum Gasteiger partial charge on any atom is -0.494 e. The van der Waals surface area contributed by atoms with Crippen LogP contribution >= 0.6 is 35.0 Å². The van der Waals surface area contributed by atoms with Crippen molar-refractivity contribution in [2.45, 2.75) is 32.2 Å². The summed E-state index contributed by atoms with van der Waals surface area (Å²) in [4.78, 5) is 11.5. The van der Waals surface area contributed by atoms with E-state index in [0.29, 0.717) is 26.0 Å². The summed E-state index contributed by atoms with van der Waals surface area (Å²) in [6.07, 6.45) is 1.16. The van der Waals surface area contributed by atoms with Crippen LogP contribution in [0.3, 0.4) is 0 Å². The quantitative estimate of drug-likeness (QED) is 0.535. The molecule has 1 amide bonds. The van der Waals surface area contributed by atoms with Crippen LogP contribution in [-0.2, 0) is 4.79 Å². The SMILES string of the molecule is CC(C)(N)CNC(=O)CCCOc1ccc(I)cc1.Cl. The van der Waals surface area contributed by atoms with E-state index in [-0.39, 0.29) is 23.9 Å². The molecule has 114 valence electrons. The molecule has 0 atom stereocenters. The van der Waals surface area contributed by atoms with E-state index in [1.54, 1.807) is 0 Å². The van der Waals surface area contributed by atoms with Crippen LogP contribution in [0.15, 0.2) is 24.3 Å². The fourth-order valence-corrected chi connectivity index (χ4v) is 1.73. The number of carbonyl (C=O) groups is 1. The zero-order chi connectivity index (χ0) is 14.3. The highest BCUT2D eigenvalue weighted by Gasteiger charge is 2.11. The number of benzene rings is 1. The molecule has 0 aliphatic heterocycles. The third kappa shape index (κ3) is 9.39. The van der Waals surface area contributed by atoms with E-state index in [2.05, 4.69) is 27.9 Å². The molecule has 0 radical (unpaired) electrons. The maximum atomic E-state index is 11.5. The Hall–Kier alpha value is -0.530. The van der Waals surface area contributed by atoms with Crippen LogP contribution in [0.5, 0.6) is 5.75 Å². The van der Waals surface area contributed by atoms with E-state index in [1.165, 1.54) is 3.57 Å². The smallest absolute Gasteiger partial charge is 0.220 e. The molecular formula is C14H22ClIN2O2. The molecule has 0 spiro atoms. The Balaban J connectivity index is 0.00000361. The average molecular weight is 413 g/mol. The molecule has 0 aliphatic carbocycles. The summed E-state index contributed by atoms with van der Waals surface area (Å²) < 4.78 is 6.72. The van der Waals surface area contributed by atoms with Gasteiger partial charge in [-0.2, -0.15) is 0 Å². The standard InChI is InChI=1S/C14H21IN2O2.ClH/c1-14(2,16)10-17-13(18)4-3-9-19-12-7-5-11(15)6-8-12;/h5-8H,3-4,9-10,16H2,1-2H3,(H,17,18);1H. The van der Waals surface area contributed by atoms with Gasteiger partial charge in [-0.05, 0) is 67.1 Å². The Bertz CT molecular complexity index is 405. The molecule has 0 aromatic heterocycles. The summed E-state index contributed by atoms with van der Waals surface area (Å²) in [6.45, 7) is 4.80. The largest absolute Gasteiger partial charge is 0.494 e. The van der Waals surface area contributed by atoms with Crippen molar-refractivity contribution in [3.8, 4) is 5.75 Å². The number of halogens is 2. The Morgan fingerprint density at radius 2 is 1.95 bits per heavy atom. The molecule has 0 saturated carbocycles. The normalized spacial score (nSPS) is 10.6. The number of hydrogen-bond donors (Lipinski definition) is 2. The molecule has 20 heavy (non-hydrogen) atoms. The number of rotatable bonds is 7. The first-order valence-corrected chi connectivity index (χ1v) is 7.39. The highest BCUT2D eigenvalue weighted by Crippen LogP contribution is 2.13. The van der Waals surface area contributed by atoms with Crippen LogP contribution in [0, 0.1) is 3.57 Å². The van der Waals surface area contributed by atoms with Crippen LogP contribution in [-0.4, -0.2) is 24.6 Å². The minimum atomic E-state index is -0.368. The summed E-state index contributed by atoms with van der Waals surface area (Å²) in [5.41, 5.74) is 5.42. The second-order valence-electron chi connectivity index (χ2n) is 5.17. The zero-order valence-corrected chi connectivity index (χ0v) is 14.8. The predicted molar refractivity (Wildman–Crippen MR) is 92.4 cm³/mol. The van der Waals surface area contributed by atoms with Crippen molar-refractivity contribution in [3.63, 3.8) is 0 Å². The van der Waals surface area contributed by atoms with Crippen molar-refractivity contribution in [2.75, 3.05) is 13.2 Å². The van der Waals surface area contributed by atoms with E-state index in [4.69, 9.17) is 10.5 Å². The van der Waals surface area contributed by atoms with E-state index in [0.717, 1.165) is 5.75 Å². The molecule has 0 saturated heterocycles. The van der Waals surface area contributed by atoms with Gasteiger partial charge in [0, 0.05) is 22.1 Å². The fraction of sp³-hybridized carbons (Fsp3) is 0.500. The minimum absolute atomic E-state index is 0. The van der Waals surface area contributed by atoms with Gasteiger partial charge >= 0.3 is 0 Å². The van der Waals surface area contributed by atoms with Crippen molar-refractivity contribution in [1.29, 1.82) is 0 Å². The first kappa shape index (κ1) is 19.5. The first-order valence-electron chi connectivity index (χ1n) is 6.31. The summed E-state index contributed by atoms with van der Waals surface area (Å²) in [5.74, 6) is 0.855. The van der Waals surface area contributed by atoms with E-state index in [1.807, 2.05) is 38.1 Å². The van der Waals surface area contributed by atoms with Gasteiger partial charge in [0.1, 0.15) is 5.75 Å². The zero-order valence-electron chi connectivity index (χ0n) is 11.8. The molecule has 4 nitrogen and oxygen atoms in total. The van der Waals surface area contributed by atoms with E-state index >= 15 is 0 Å². The number of carbonyl (C=O) groups excluding carboxylic acids is 1. The number of amides is 1. The van der Waals surface area contributed by atoms with Crippen molar-refractivity contribution < 1.29 is 9.53 Å². The van der Waals surface area contributed by atoms with Gasteiger partial charge in [0.25, 0.3) is 0 Å². The van der Waals surface area contributed by atoms with Crippen molar-refractivity contribution in [3.05, 3.63) is 27.8 Å². The van der Waals surface area contributed by atoms with E-state index in [9.17, 15) is 4.79 Å². The van der Waals surface area contributed by atoms with Crippen LogP contribution in [0.2, 0.25) is 0 Å². The van der Waals surface area contributed by atoms with Gasteiger partial charge in [-0.1, -0.05) is 0 Å². The molecule has 6 heteroatoms.